The van der Waals surface area contributed by atoms with Crippen LogP contribution < -0.4 is 0 Å². The van der Waals surface area contributed by atoms with Gasteiger partial charge in [-0.2, -0.15) is 0 Å². The average Bonchev–Trinajstić information content (AvgIpc) is 3.41. The molecule has 0 bridgehead atoms. The quantitative estimate of drug-likeness (QED) is 0.241. The van der Waals surface area contributed by atoms with Gasteiger partial charge in [0.25, 0.3) is 0 Å². The third-order valence-corrected chi connectivity index (χ3v) is 11.9. The molecule has 0 aromatic heterocycles. The Morgan fingerprint density at radius 1 is 1.05 bits per heavy atom. The molecule has 4 N–H and O–H groups in total. The number of cyclic esters (lactones) is 1. The summed E-state index contributed by atoms with van der Waals surface area (Å²) >= 11 is 0. The first-order valence-corrected chi connectivity index (χ1v) is 14.4. The number of esters is 1. The summed E-state index contributed by atoms with van der Waals surface area (Å²) in [4.78, 5) is 24.7. The largest absolute Gasteiger partial charge is 0.458 e. The Morgan fingerprint density at radius 2 is 1.82 bits per heavy atom. The maximum absolute atomic E-state index is 12.9. The fraction of sp³-hybridized carbons (Fsp3) is 0.862. The number of hydrogen-bond donors (Lipinski definition) is 4. The van der Waals surface area contributed by atoms with Crippen LogP contribution in [0, 0.1) is 28.6 Å². The van der Waals surface area contributed by atoms with Gasteiger partial charge in [0.1, 0.15) is 19.0 Å². The second kappa shape index (κ2) is 9.08. The molecule has 6 aliphatic rings. The van der Waals surface area contributed by atoms with Gasteiger partial charge < -0.3 is 39.4 Å². The molecule has 5 fully saturated rings. The monoisotopic (exact) mass is 534 g/mol. The first-order valence-electron chi connectivity index (χ1n) is 14.4. The number of carbonyl (C=O) groups excluding carboxylic acids is 2. The third kappa shape index (κ3) is 3.65. The van der Waals surface area contributed by atoms with Crippen molar-refractivity contribution in [1.82, 2.24) is 0 Å². The highest BCUT2D eigenvalue weighted by atomic mass is 16.7. The summed E-state index contributed by atoms with van der Waals surface area (Å²) in [5, 5.41) is 44.6. The second-order valence-corrected chi connectivity index (χ2v) is 13.3. The van der Waals surface area contributed by atoms with Crippen LogP contribution in [-0.4, -0.2) is 81.2 Å². The molecule has 1 saturated heterocycles. The molecule has 38 heavy (non-hydrogen) atoms. The molecule has 2 heterocycles. The zero-order valence-electron chi connectivity index (χ0n) is 22.4. The summed E-state index contributed by atoms with van der Waals surface area (Å²) in [6.07, 6.45) is 4.50. The minimum Gasteiger partial charge on any atom is -0.458 e. The van der Waals surface area contributed by atoms with Gasteiger partial charge in [-0.25, -0.2) is 4.79 Å². The Balaban J connectivity index is 1.22. The van der Waals surface area contributed by atoms with E-state index in [2.05, 4.69) is 6.92 Å². The van der Waals surface area contributed by atoms with E-state index in [9.17, 15) is 30.0 Å². The van der Waals surface area contributed by atoms with Crippen LogP contribution in [0.4, 0.5) is 0 Å². The van der Waals surface area contributed by atoms with Crippen LogP contribution in [0.3, 0.4) is 0 Å². The SMILES string of the molecule is C[C@@H]1O[C@H](O[C@@H]2CC[C@]3(C=O)[C@H]4CC[C@]5(C)[C@H](C6=CC(=O)OC6)CC[C@]5(O)[C@@H]4CC[C@]3(O)C2)C[C@H](O)[C@@H]1O. The van der Waals surface area contributed by atoms with Crippen LogP contribution in [0.2, 0.25) is 0 Å². The first kappa shape index (κ1) is 26.8. The number of aliphatic hydroxyl groups is 4. The van der Waals surface area contributed by atoms with Gasteiger partial charge in [0.2, 0.25) is 0 Å². The van der Waals surface area contributed by atoms with Gasteiger partial charge in [-0.15, -0.1) is 0 Å². The highest BCUT2D eigenvalue weighted by Crippen LogP contribution is 2.70. The standard InChI is InChI=1S/C29H42O9/c1-16-25(33)22(31)12-24(37-16)38-18-3-8-27(15-30)20-4-7-26(2)19(17-11-23(32)36-14-17)6-10-29(26,35)21(20)5-9-28(27,34)13-18/h11,15-16,18-22,24-25,31,33-35H,3-10,12-14H2,1-2H3/t16-,18+,19-,20-,21+,22-,24+,25+,26+,27-,28-,29-/m0/s1. The van der Waals surface area contributed by atoms with E-state index in [-0.39, 0.29) is 36.2 Å². The molecule has 9 nitrogen and oxygen atoms in total. The van der Waals surface area contributed by atoms with E-state index in [1.807, 2.05) is 0 Å². The predicted octanol–water partition coefficient (Wildman–Crippen LogP) is 1.78. The Hall–Kier alpha value is -1.36. The van der Waals surface area contributed by atoms with Crippen molar-refractivity contribution in [3.8, 4) is 0 Å². The number of ether oxygens (including phenoxy) is 3. The molecule has 2 aliphatic heterocycles. The normalized spacial score (nSPS) is 54.4. The number of carbonyl (C=O) groups is 2. The Bertz CT molecular complexity index is 1000. The van der Waals surface area contributed by atoms with E-state index < -0.39 is 46.6 Å². The summed E-state index contributed by atoms with van der Waals surface area (Å²) in [5.74, 6) is -0.473. The fourth-order valence-corrected chi connectivity index (χ4v) is 9.76. The fourth-order valence-electron chi connectivity index (χ4n) is 9.76. The molecule has 0 spiro atoms. The number of aliphatic hydroxyl groups excluding tert-OH is 2. The molecule has 6 rings (SSSR count). The first-order chi connectivity index (χ1) is 18.0. The maximum atomic E-state index is 12.9. The van der Waals surface area contributed by atoms with Crippen LogP contribution in [0.5, 0.6) is 0 Å². The van der Waals surface area contributed by atoms with Gasteiger partial charge in [-0.1, -0.05) is 6.92 Å². The molecule has 9 heteroatoms. The van der Waals surface area contributed by atoms with Crippen molar-refractivity contribution in [3.05, 3.63) is 11.6 Å². The topological polar surface area (TPSA) is 143 Å². The van der Waals surface area contributed by atoms with E-state index >= 15 is 0 Å². The molecule has 0 aromatic carbocycles. The zero-order chi connectivity index (χ0) is 27.1. The molecule has 4 aliphatic carbocycles. The molecule has 0 radical (unpaired) electrons. The van der Waals surface area contributed by atoms with Crippen LogP contribution in [0.25, 0.3) is 0 Å². The average molecular weight is 535 g/mol. The molecule has 212 valence electrons. The predicted molar refractivity (Wildman–Crippen MR) is 133 cm³/mol. The minimum atomic E-state index is -1.24. The van der Waals surface area contributed by atoms with Gasteiger partial charge in [-0.3, -0.25) is 0 Å². The molecular weight excluding hydrogens is 492 g/mol. The van der Waals surface area contributed by atoms with Gasteiger partial charge in [0, 0.05) is 24.3 Å². The van der Waals surface area contributed by atoms with Crippen molar-refractivity contribution in [2.75, 3.05) is 6.61 Å². The second-order valence-electron chi connectivity index (χ2n) is 13.3. The number of fused-ring (bicyclic) bond motifs is 5. The molecule has 0 unspecified atom stereocenters. The summed E-state index contributed by atoms with van der Waals surface area (Å²) in [7, 11) is 0. The van der Waals surface area contributed by atoms with E-state index in [4.69, 9.17) is 14.2 Å². The van der Waals surface area contributed by atoms with Crippen molar-refractivity contribution in [1.29, 1.82) is 0 Å². The van der Waals surface area contributed by atoms with Crippen molar-refractivity contribution in [2.24, 2.45) is 28.6 Å². The highest BCUT2D eigenvalue weighted by molar-refractivity contribution is 5.85. The van der Waals surface area contributed by atoms with Crippen molar-refractivity contribution in [2.45, 2.75) is 120 Å². The van der Waals surface area contributed by atoms with Crippen molar-refractivity contribution >= 4 is 12.3 Å². The lowest BCUT2D eigenvalue weighted by molar-refractivity contribution is -0.286. The molecule has 0 aromatic rings. The van der Waals surface area contributed by atoms with Crippen LogP contribution in [0.15, 0.2) is 11.6 Å². The van der Waals surface area contributed by atoms with Crippen LogP contribution >= 0.6 is 0 Å². The Labute approximate surface area is 223 Å². The molecule has 0 amide bonds. The van der Waals surface area contributed by atoms with Gasteiger partial charge in [0.05, 0.1) is 34.9 Å². The minimum absolute atomic E-state index is 0.0729. The summed E-state index contributed by atoms with van der Waals surface area (Å²) in [6.45, 7) is 4.13. The van der Waals surface area contributed by atoms with E-state index in [1.54, 1.807) is 13.0 Å². The van der Waals surface area contributed by atoms with Crippen molar-refractivity contribution < 1.29 is 44.2 Å². The lowest BCUT2D eigenvalue weighted by Crippen LogP contribution is -2.69. The molecule has 4 saturated carbocycles. The smallest absolute Gasteiger partial charge is 0.331 e. The lowest BCUT2D eigenvalue weighted by Gasteiger charge is -2.65. The summed E-state index contributed by atoms with van der Waals surface area (Å²) in [5.41, 5.74) is -2.60. The van der Waals surface area contributed by atoms with E-state index in [1.165, 1.54) is 0 Å². The van der Waals surface area contributed by atoms with Gasteiger partial charge in [0.15, 0.2) is 6.29 Å². The summed E-state index contributed by atoms with van der Waals surface area (Å²) in [6, 6.07) is 0. The third-order valence-electron chi connectivity index (χ3n) is 11.9. The summed E-state index contributed by atoms with van der Waals surface area (Å²) < 4.78 is 17.1. The van der Waals surface area contributed by atoms with E-state index in [0.29, 0.717) is 45.1 Å². The van der Waals surface area contributed by atoms with Crippen LogP contribution in [-0.2, 0) is 23.8 Å². The van der Waals surface area contributed by atoms with E-state index in [0.717, 1.165) is 31.1 Å². The number of rotatable bonds is 4. The van der Waals surface area contributed by atoms with Crippen LogP contribution in [0.1, 0.15) is 78.1 Å². The number of hydrogen-bond acceptors (Lipinski definition) is 9. The number of aldehydes is 1. The lowest BCUT2D eigenvalue weighted by atomic mass is 9.41. The zero-order valence-corrected chi connectivity index (χ0v) is 22.4. The molecular formula is C29H42O9. The molecule has 12 atom stereocenters. The Morgan fingerprint density at radius 3 is 2.50 bits per heavy atom. The van der Waals surface area contributed by atoms with Crippen molar-refractivity contribution in [3.63, 3.8) is 0 Å². The van der Waals surface area contributed by atoms with Gasteiger partial charge >= 0.3 is 5.97 Å². The maximum Gasteiger partial charge on any atom is 0.331 e. The van der Waals surface area contributed by atoms with Gasteiger partial charge in [-0.05, 0) is 81.6 Å². The highest BCUT2D eigenvalue weighted by Gasteiger charge is 2.71. The Kier molecular flexibility index (Phi) is 6.41.